The number of hydrogen-bond donors (Lipinski definition) is 2. The number of rotatable bonds is 18. The van der Waals surface area contributed by atoms with Crippen LogP contribution in [0.25, 0.3) is 0 Å². The van der Waals surface area contributed by atoms with Gasteiger partial charge in [-0.1, -0.05) is 88.4 Å². The summed E-state index contributed by atoms with van der Waals surface area (Å²) in [6.07, 6.45) is 4.06. The molecule has 8 bridgehead atoms. The fraction of sp³-hybridized carbons (Fsp3) is 0.455. The average Bonchev–Trinajstić information content (AvgIpc) is 3.12. The molecular weight excluding hydrogens is 831 g/mol. The molecule has 12 nitrogen and oxygen atoms in total. The van der Waals surface area contributed by atoms with E-state index in [1.165, 1.54) is 0 Å². The Morgan fingerprint density at radius 2 is 0.833 bits per heavy atom. The van der Waals surface area contributed by atoms with Crippen LogP contribution in [-0.2, 0) is 67.7 Å². The molecule has 0 radical (unpaired) electrons. The van der Waals surface area contributed by atoms with Crippen molar-refractivity contribution in [3.8, 4) is 23.0 Å². The van der Waals surface area contributed by atoms with E-state index in [2.05, 4.69) is 36.1 Å². The summed E-state index contributed by atoms with van der Waals surface area (Å²) >= 11 is 0. The number of ether oxygens (including phenoxy) is 2. The molecular formula is C44H54Na2O12S2. The van der Waals surface area contributed by atoms with Gasteiger partial charge in [-0.25, -0.2) is 16.8 Å². The Morgan fingerprint density at radius 1 is 0.533 bits per heavy atom. The van der Waals surface area contributed by atoms with E-state index in [0.29, 0.717) is 97.3 Å². The van der Waals surface area contributed by atoms with Crippen LogP contribution in [0, 0.1) is 11.8 Å². The van der Waals surface area contributed by atoms with E-state index in [9.17, 15) is 36.2 Å². The van der Waals surface area contributed by atoms with Crippen LogP contribution in [-0.4, -0.2) is 62.6 Å². The summed E-state index contributed by atoms with van der Waals surface area (Å²) in [6.45, 7) is 8.79. The van der Waals surface area contributed by atoms with Crippen molar-refractivity contribution in [2.45, 2.75) is 91.9 Å². The van der Waals surface area contributed by atoms with E-state index in [1.807, 2.05) is 60.7 Å². The summed E-state index contributed by atoms with van der Waals surface area (Å²) < 4.78 is 88.7. The van der Waals surface area contributed by atoms with Crippen LogP contribution in [0.3, 0.4) is 0 Å². The Morgan fingerprint density at radius 3 is 1.10 bits per heavy atom. The van der Waals surface area contributed by atoms with Gasteiger partial charge in [0.1, 0.15) is 23.0 Å². The van der Waals surface area contributed by atoms with Crippen LogP contribution in [0.1, 0.15) is 109 Å². The predicted octanol–water partition coefficient (Wildman–Crippen LogP) is 1.45. The molecule has 16 heteroatoms. The second kappa shape index (κ2) is 24.0. The zero-order valence-electron chi connectivity index (χ0n) is 35.6. The van der Waals surface area contributed by atoms with Crippen molar-refractivity contribution < 1.29 is 113 Å². The second-order valence-electron chi connectivity index (χ2n) is 15.8. The number of hydrogen-bond acceptors (Lipinski definition) is 12. The van der Waals surface area contributed by atoms with E-state index >= 15 is 0 Å². The molecule has 5 rings (SSSR count). The Kier molecular flexibility index (Phi) is 20.9. The maximum Gasteiger partial charge on any atom is 1.00 e. The first-order valence-electron chi connectivity index (χ1n) is 19.8. The molecule has 0 unspecified atom stereocenters. The van der Waals surface area contributed by atoms with Crippen molar-refractivity contribution in [3.05, 3.63) is 116 Å². The van der Waals surface area contributed by atoms with Crippen molar-refractivity contribution in [1.82, 2.24) is 0 Å². The van der Waals surface area contributed by atoms with Gasteiger partial charge in [0, 0.05) is 25.7 Å². The maximum absolute atomic E-state index is 12.0. The van der Waals surface area contributed by atoms with E-state index in [-0.39, 0.29) is 96.7 Å². The number of phenols is 2. The van der Waals surface area contributed by atoms with Crippen LogP contribution >= 0.6 is 0 Å². The molecule has 60 heavy (non-hydrogen) atoms. The third-order valence-corrected chi connectivity index (χ3v) is 11.0. The summed E-state index contributed by atoms with van der Waals surface area (Å²) in [5, 5.41) is 24.0. The van der Waals surface area contributed by atoms with Crippen molar-refractivity contribution in [2.75, 3.05) is 26.4 Å². The van der Waals surface area contributed by atoms with Gasteiger partial charge < -0.3 is 28.8 Å². The molecule has 0 heterocycles. The minimum absolute atomic E-state index is 0. The summed E-state index contributed by atoms with van der Waals surface area (Å²) in [5.41, 5.74) is 7.48. The van der Waals surface area contributed by atoms with Gasteiger partial charge in [-0.05, 0) is 106 Å². The first-order chi connectivity index (χ1) is 27.5. The molecule has 2 N–H and O–H groups in total. The fourth-order valence-corrected chi connectivity index (χ4v) is 7.83. The van der Waals surface area contributed by atoms with Crippen LogP contribution in [0.4, 0.5) is 0 Å². The SMILES string of the molecule is CC(C)CCOc1c2cccc1Cc1cc(CCCOS(=O)(=O)[O-])cc(c1O)Cc1cccc(c1OCCC(C)C)Cc1cc(CCCOS(=O)(=O)[O-])cc(c1O)C2.[Na+].[Na+]. The molecule has 0 saturated carbocycles. The molecule has 0 aromatic heterocycles. The number of phenolic OH excluding ortho intramolecular Hbond substituents is 2. The first kappa shape index (κ1) is 52.2. The molecule has 1 aliphatic rings. The summed E-state index contributed by atoms with van der Waals surface area (Å²) in [5.74, 6) is 2.28. The number of fused-ring (bicyclic) bond motifs is 8. The summed E-state index contributed by atoms with van der Waals surface area (Å²) in [7, 11) is -9.66. The van der Waals surface area contributed by atoms with Crippen molar-refractivity contribution in [2.24, 2.45) is 11.8 Å². The predicted molar refractivity (Wildman–Crippen MR) is 218 cm³/mol. The molecule has 1 aliphatic carbocycles. The maximum atomic E-state index is 12.0. The van der Waals surface area contributed by atoms with Gasteiger partial charge in [0.25, 0.3) is 0 Å². The summed E-state index contributed by atoms with van der Waals surface area (Å²) in [4.78, 5) is 0. The molecule has 0 saturated heterocycles. The van der Waals surface area contributed by atoms with E-state index in [1.54, 1.807) is 0 Å². The molecule has 0 atom stereocenters. The molecule has 0 amide bonds. The van der Waals surface area contributed by atoms with Crippen LogP contribution < -0.4 is 68.6 Å². The van der Waals surface area contributed by atoms with Crippen LogP contribution in [0.5, 0.6) is 23.0 Å². The zero-order chi connectivity index (χ0) is 42.0. The zero-order valence-corrected chi connectivity index (χ0v) is 41.3. The number of benzene rings is 4. The van der Waals surface area contributed by atoms with Crippen LogP contribution in [0.15, 0.2) is 60.7 Å². The second-order valence-corrected chi connectivity index (χ2v) is 17.9. The Hall–Kier alpha value is -2.18. The largest absolute Gasteiger partial charge is 1.00 e. The van der Waals surface area contributed by atoms with Crippen molar-refractivity contribution in [3.63, 3.8) is 0 Å². The van der Waals surface area contributed by atoms with Crippen molar-refractivity contribution in [1.29, 1.82) is 0 Å². The number of para-hydroxylation sites is 2. The van der Waals surface area contributed by atoms with Gasteiger partial charge >= 0.3 is 59.1 Å². The quantitative estimate of drug-likeness (QED) is 0.0559. The number of aryl methyl sites for hydroxylation is 2. The third kappa shape index (κ3) is 16.2. The molecule has 0 fully saturated rings. The van der Waals surface area contributed by atoms with Gasteiger partial charge in [-0.3, -0.25) is 8.37 Å². The minimum atomic E-state index is -4.83. The third-order valence-electron chi connectivity index (χ3n) is 10.1. The van der Waals surface area contributed by atoms with Crippen molar-refractivity contribution >= 4 is 20.8 Å². The smallest absolute Gasteiger partial charge is 0.726 e. The fourth-order valence-electron chi connectivity index (χ4n) is 7.18. The first-order valence-corrected chi connectivity index (χ1v) is 22.5. The Bertz CT molecular complexity index is 2010. The van der Waals surface area contributed by atoms with Gasteiger partial charge in [0.15, 0.2) is 0 Å². The van der Waals surface area contributed by atoms with E-state index in [0.717, 1.165) is 46.2 Å². The monoisotopic (exact) mass is 884 g/mol. The average molecular weight is 885 g/mol. The van der Waals surface area contributed by atoms with Gasteiger partial charge in [0.2, 0.25) is 20.8 Å². The van der Waals surface area contributed by atoms with Gasteiger partial charge in [0.05, 0.1) is 26.4 Å². The van der Waals surface area contributed by atoms with Gasteiger partial charge in [-0.2, -0.15) is 0 Å². The summed E-state index contributed by atoms with van der Waals surface area (Å²) in [6, 6.07) is 19.2. The van der Waals surface area contributed by atoms with Crippen LogP contribution in [0.2, 0.25) is 0 Å². The molecule has 4 aromatic carbocycles. The molecule has 0 spiro atoms. The standard InChI is InChI=1S/C44H56O12S2.2Na/c1-29(2)15-19-53-43-33-11-5-12-34(43)26-38-22-32(10-8-18-56-58(50,51)52)24-40(42(38)46)28-36-14-6-13-35(44(36)54-20-16-30(3)4)27-39-23-31(21-37(25-33)41(39)45)9-7-17-55-57(47,48)49;;/h5-6,11-14,21-24,29-30,45-46H,7-10,15-20,25-28H2,1-4H3,(H,47,48,49)(H,50,51,52);;/q;2*+1/p-2. The Balaban J connectivity index is 0.00000480. The Labute approximate surface area is 399 Å². The number of aromatic hydroxyl groups is 2. The van der Waals surface area contributed by atoms with Gasteiger partial charge in [-0.15, -0.1) is 0 Å². The minimum Gasteiger partial charge on any atom is -0.726 e. The topological polar surface area (TPSA) is 192 Å². The van der Waals surface area contributed by atoms with E-state index < -0.39 is 20.8 Å². The molecule has 0 aliphatic heterocycles. The van der Waals surface area contributed by atoms with E-state index in [4.69, 9.17) is 9.47 Å². The molecule has 316 valence electrons. The molecule has 4 aromatic rings. The normalized spacial score (nSPS) is 12.8.